The molecule has 0 aliphatic carbocycles. The molecule has 2 heterocycles. The van der Waals surface area contributed by atoms with Crippen LogP contribution in [-0.4, -0.2) is 19.7 Å². The number of benzene rings is 1. The molecule has 20 heavy (non-hydrogen) atoms. The monoisotopic (exact) mass is 269 g/mol. The van der Waals surface area contributed by atoms with Gasteiger partial charge in [-0.25, -0.2) is 4.98 Å². The van der Waals surface area contributed by atoms with Gasteiger partial charge >= 0.3 is 0 Å². The number of rotatable bonds is 4. The van der Waals surface area contributed by atoms with Crippen molar-refractivity contribution in [2.45, 2.75) is 13.5 Å². The van der Waals surface area contributed by atoms with Crippen molar-refractivity contribution in [2.75, 3.05) is 5.32 Å². The lowest BCUT2D eigenvalue weighted by molar-refractivity contribution is 0.533. The molecule has 6 nitrogen and oxygen atoms in total. The molecule has 0 bridgehead atoms. The Morgan fingerprint density at radius 2 is 2.10 bits per heavy atom. The number of aromatic nitrogens is 4. The summed E-state index contributed by atoms with van der Waals surface area (Å²) in [4.78, 5) is 4.29. The van der Waals surface area contributed by atoms with E-state index in [-0.39, 0.29) is 0 Å². The van der Waals surface area contributed by atoms with Gasteiger partial charge in [-0.15, -0.1) is 10.2 Å². The zero-order chi connectivity index (χ0) is 13.9. The van der Waals surface area contributed by atoms with Crippen molar-refractivity contribution in [1.82, 2.24) is 19.7 Å². The van der Waals surface area contributed by atoms with Gasteiger partial charge in [-0.05, 0) is 12.1 Å². The minimum absolute atomic E-state index is 0.519. The van der Waals surface area contributed by atoms with Gasteiger partial charge in [-0.1, -0.05) is 12.1 Å². The number of imidazole rings is 1. The summed E-state index contributed by atoms with van der Waals surface area (Å²) in [6, 6.07) is 7.85. The predicted molar refractivity (Wildman–Crippen MR) is 75.0 cm³/mol. The molecule has 2 aromatic heterocycles. The summed E-state index contributed by atoms with van der Waals surface area (Å²) in [6.07, 6.45) is 3.70. The molecule has 6 heteroatoms. The second kappa shape index (κ2) is 5.16. The minimum atomic E-state index is 0.519. The van der Waals surface area contributed by atoms with E-state index in [4.69, 9.17) is 4.42 Å². The van der Waals surface area contributed by atoms with Crippen molar-refractivity contribution < 1.29 is 4.42 Å². The molecular formula is C14H15N5O. The zero-order valence-corrected chi connectivity index (χ0v) is 11.4. The van der Waals surface area contributed by atoms with Crippen LogP contribution in [0.5, 0.6) is 0 Å². The second-order valence-electron chi connectivity index (χ2n) is 4.48. The van der Waals surface area contributed by atoms with Crippen LogP contribution in [-0.2, 0) is 13.6 Å². The van der Waals surface area contributed by atoms with E-state index in [2.05, 4.69) is 20.5 Å². The van der Waals surface area contributed by atoms with Gasteiger partial charge in [0.2, 0.25) is 11.8 Å². The van der Waals surface area contributed by atoms with E-state index in [9.17, 15) is 0 Å². The first kappa shape index (κ1) is 12.4. The molecule has 0 aliphatic heterocycles. The SMILES string of the molecule is Cc1nnc(-c2ccccc2NCc2nccn2C)o1. The highest BCUT2D eigenvalue weighted by Gasteiger charge is 2.11. The van der Waals surface area contributed by atoms with Crippen LogP contribution in [0.3, 0.4) is 0 Å². The summed E-state index contributed by atoms with van der Waals surface area (Å²) in [5, 5.41) is 11.3. The van der Waals surface area contributed by atoms with Crippen molar-refractivity contribution in [1.29, 1.82) is 0 Å². The van der Waals surface area contributed by atoms with E-state index in [1.54, 1.807) is 13.1 Å². The Hall–Kier alpha value is -2.63. The van der Waals surface area contributed by atoms with E-state index in [0.29, 0.717) is 18.3 Å². The molecule has 0 radical (unpaired) electrons. The number of nitrogens with one attached hydrogen (secondary N) is 1. The molecule has 1 N–H and O–H groups in total. The Morgan fingerprint density at radius 1 is 1.25 bits per heavy atom. The van der Waals surface area contributed by atoms with Crippen LogP contribution < -0.4 is 5.32 Å². The van der Waals surface area contributed by atoms with Gasteiger partial charge < -0.3 is 14.3 Å². The van der Waals surface area contributed by atoms with E-state index < -0.39 is 0 Å². The molecule has 0 atom stereocenters. The smallest absolute Gasteiger partial charge is 0.249 e. The quantitative estimate of drug-likeness (QED) is 0.787. The average molecular weight is 269 g/mol. The van der Waals surface area contributed by atoms with Crippen molar-refractivity contribution in [3.8, 4) is 11.5 Å². The van der Waals surface area contributed by atoms with Gasteiger partial charge in [0.1, 0.15) is 5.82 Å². The van der Waals surface area contributed by atoms with Crippen molar-refractivity contribution in [3.63, 3.8) is 0 Å². The fourth-order valence-corrected chi connectivity index (χ4v) is 1.97. The van der Waals surface area contributed by atoms with Crippen LogP contribution in [0, 0.1) is 6.92 Å². The molecule has 0 spiro atoms. The van der Waals surface area contributed by atoms with E-state index in [1.807, 2.05) is 42.1 Å². The largest absolute Gasteiger partial charge is 0.421 e. The molecule has 0 saturated carbocycles. The molecule has 0 amide bonds. The van der Waals surface area contributed by atoms with Crippen LogP contribution in [0.4, 0.5) is 5.69 Å². The number of anilines is 1. The Morgan fingerprint density at radius 3 is 2.80 bits per heavy atom. The number of nitrogens with zero attached hydrogens (tertiary/aromatic N) is 4. The molecule has 0 saturated heterocycles. The molecule has 1 aromatic carbocycles. The van der Waals surface area contributed by atoms with Crippen molar-refractivity contribution >= 4 is 5.69 Å². The minimum Gasteiger partial charge on any atom is -0.421 e. The summed E-state index contributed by atoms with van der Waals surface area (Å²) in [6.45, 7) is 2.41. The number of aryl methyl sites for hydroxylation is 2. The Balaban J connectivity index is 1.85. The van der Waals surface area contributed by atoms with Crippen LogP contribution in [0.25, 0.3) is 11.5 Å². The van der Waals surface area contributed by atoms with E-state index in [1.165, 1.54) is 0 Å². The highest BCUT2D eigenvalue weighted by Crippen LogP contribution is 2.26. The lowest BCUT2D eigenvalue weighted by Crippen LogP contribution is -2.06. The maximum Gasteiger partial charge on any atom is 0.249 e. The molecule has 3 rings (SSSR count). The molecule has 0 fully saturated rings. The van der Waals surface area contributed by atoms with Gasteiger partial charge in [0.05, 0.1) is 12.1 Å². The predicted octanol–water partition coefficient (Wildman–Crippen LogP) is 2.39. The number of hydrogen-bond donors (Lipinski definition) is 1. The first-order chi connectivity index (χ1) is 9.74. The summed E-state index contributed by atoms with van der Waals surface area (Å²) < 4.78 is 7.47. The Labute approximate surface area is 116 Å². The van der Waals surface area contributed by atoms with E-state index in [0.717, 1.165) is 17.1 Å². The van der Waals surface area contributed by atoms with Gasteiger partial charge in [0.15, 0.2) is 0 Å². The van der Waals surface area contributed by atoms with Crippen LogP contribution >= 0.6 is 0 Å². The lowest BCUT2D eigenvalue weighted by Gasteiger charge is -2.09. The van der Waals surface area contributed by atoms with Gasteiger partial charge in [0, 0.05) is 32.1 Å². The second-order valence-corrected chi connectivity index (χ2v) is 4.48. The summed E-state index contributed by atoms with van der Waals surface area (Å²) in [5.41, 5.74) is 1.83. The summed E-state index contributed by atoms with van der Waals surface area (Å²) in [5.74, 6) is 2.03. The average Bonchev–Trinajstić information content (AvgIpc) is 3.06. The first-order valence-electron chi connectivity index (χ1n) is 6.33. The maximum absolute atomic E-state index is 5.49. The standard InChI is InChI=1S/C14H15N5O/c1-10-17-18-14(20-10)11-5-3-4-6-12(11)16-9-13-15-7-8-19(13)2/h3-8,16H,9H2,1-2H3. The molecule has 0 unspecified atom stereocenters. The summed E-state index contributed by atoms with van der Waals surface area (Å²) >= 11 is 0. The van der Waals surface area contributed by atoms with Crippen LogP contribution in [0.1, 0.15) is 11.7 Å². The third kappa shape index (κ3) is 2.40. The van der Waals surface area contributed by atoms with Crippen LogP contribution in [0.2, 0.25) is 0 Å². The van der Waals surface area contributed by atoms with Crippen molar-refractivity contribution in [3.05, 3.63) is 48.4 Å². The highest BCUT2D eigenvalue weighted by atomic mass is 16.4. The normalized spacial score (nSPS) is 10.7. The van der Waals surface area contributed by atoms with Gasteiger partial charge in [0.25, 0.3) is 0 Å². The maximum atomic E-state index is 5.49. The van der Waals surface area contributed by atoms with Crippen LogP contribution in [0.15, 0.2) is 41.1 Å². The third-order valence-electron chi connectivity index (χ3n) is 3.04. The van der Waals surface area contributed by atoms with Gasteiger partial charge in [-0.3, -0.25) is 0 Å². The molecular weight excluding hydrogens is 254 g/mol. The molecule has 3 aromatic rings. The Kier molecular flexibility index (Phi) is 3.20. The summed E-state index contributed by atoms with van der Waals surface area (Å²) in [7, 11) is 1.97. The first-order valence-corrected chi connectivity index (χ1v) is 6.33. The Bertz CT molecular complexity index is 716. The van der Waals surface area contributed by atoms with Gasteiger partial charge in [-0.2, -0.15) is 0 Å². The lowest BCUT2D eigenvalue weighted by atomic mass is 10.2. The zero-order valence-electron chi connectivity index (χ0n) is 11.4. The number of para-hydroxylation sites is 1. The fraction of sp³-hybridized carbons (Fsp3) is 0.214. The van der Waals surface area contributed by atoms with E-state index >= 15 is 0 Å². The molecule has 0 aliphatic rings. The topological polar surface area (TPSA) is 68.8 Å². The highest BCUT2D eigenvalue weighted by molar-refractivity contribution is 5.72. The van der Waals surface area contributed by atoms with Crippen molar-refractivity contribution in [2.24, 2.45) is 7.05 Å². The molecule has 102 valence electrons. The fourth-order valence-electron chi connectivity index (χ4n) is 1.97. The third-order valence-corrected chi connectivity index (χ3v) is 3.04. The number of hydrogen-bond acceptors (Lipinski definition) is 5.